The molecule has 3 nitrogen and oxygen atoms in total. The lowest BCUT2D eigenvalue weighted by molar-refractivity contribution is -0.126. The Balaban J connectivity index is 2.79. The second-order valence-electron chi connectivity index (χ2n) is 5.84. The molecule has 0 spiro atoms. The van der Waals surface area contributed by atoms with Gasteiger partial charge in [0.1, 0.15) is 12.0 Å². The summed E-state index contributed by atoms with van der Waals surface area (Å²) in [6.07, 6.45) is 8.46. The Hall–Kier alpha value is -1.56. The molecular formula is C15H21NO2. The highest BCUT2D eigenvalue weighted by atomic mass is 16.5. The Morgan fingerprint density at radius 2 is 2.22 bits per heavy atom. The van der Waals surface area contributed by atoms with Gasteiger partial charge in [0.2, 0.25) is 0 Å². The molecule has 1 aliphatic carbocycles. The maximum atomic E-state index is 11.6. The minimum atomic E-state index is 0.00160. The van der Waals surface area contributed by atoms with Crippen molar-refractivity contribution in [2.75, 3.05) is 0 Å². The van der Waals surface area contributed by atoms with E-state index in [2.05, 4.69) is 31.6 Å². The molecule has 0 aromatic rings. The predicted molar refractivity (Wildman–Crippen MR) is 70.3 cm³/mol. The zero-order valence-corrected chi connectivity index (χ0v) is 11.6. The highest BCUT2D eigenvalue weighted by Crippen LogP contribution is 2.43. The zero-order valence-electron chi connectivity index (χ0n) is 11.6. The summed E-state index contributed by atoms with van der Waals surface area (Å²) in [4.78, 5) is 11.6. The van der Waals surface area contributed by atoms with Gasteiger partial charge in [-0.25, -0.2) is 0 Å². The number of hydrogen-bond acceptors (Lipinski definition) is 3. The molecule has 0 aliphatic heterocycles. The number of carbonyl (C=O) groups excluding carboxylic acids is 1. The fourth-order valence-electron chi connectivity index (χ4n) is 2.82. The van der Waals surface area contributed by atoms with Gasteiger partial charge in [-0.3, -0.25) is 4.79 Å². The molecule has 2 unspecified atom stereocenters. The number of Topliss-reactive ketones (excluding diaryl/α,β-unsaturated/α-hetero) is 1. The molecule has 1 rings (SSSR count). The molecule has 0 aromatic heterocycles. The first-order chi connectivity index (χ1) is 8.36. The highest BCUT2D eigenvalue weighted by Gasteiger charge is 2.38. The molecule has 3 heteroatoms. The molecule has 0 N–H and O–H groups in total. The van der Waals surface area contributed by atoms with Crippen molar-refractivity contribution >= 4 is 5.78 Å². The third-order valence-corrected chi connectivity index (χ3v) is 3.58. The molecule has 1 fully saturated rings. The molecular weight excluding hydrogens is 226 g/mol. The van der Waals surface area contributed by atoms with Crippen LogP contribution in [0.25, 0.3) is 0 Å². The maximum Gasteiger partial charge on any atom is 0.291 e. The van der Waals surface area contributed by atoms with Crippen LogP contribution in [0.4, 0.5) is 0 Å². The van der Waals surface area contributed by atoms with Crippen LogP contribution in [0.2, 0.25) is 0 Å². The molecule has 2 atom stereocenters. The number of nitrogens with zero attached hydrogens (tertiary/aromatic N) is 1. The van der Waals surface area contributed by atoms with E-state index in [4.69, 9.17) is 5.26 Å². The lowest BCUT2D eigenvalue weighted by Crippen LogP contribution is -2.36. The summed E-state index contributed by atoms with van der Waals surface area (Å²) in [6.45, 7) is 8.29. The standard InChI is InChI=1S/C15H21NO2/c1-11(9-18-10-16)5-6-14-12(2)7-13(17)8-15(14,3)4/h5-6,9,12,14H,7-8H2,1-4H3/b6-5+,11-9-. The van der Waals surface area contributed by atoms with Crippen molar-refractivity contribution in [2.24, 2.45) is 17.3 Å². The first-order valence-electron chi connectivity index (χ1n) is 6.28. The van der Waals surface area contributed by atoms with E-state index in [1.807, 2.05) is 13.0 Å². The highest BCUT2D eigenvalue weighted by molar-refractivity contribution is 5.80. The molecule has 0 amide bonds. The number of nitriles is 1. The second kappa shape index (κ2) is 5.86. The van der Waals surface area contributed by atoms with Crippen molar-refractivity contribution < 1.29 is 9.53 Å². The Kier molecular flexibility index (Phi) is 4.72. The van der Waals surface area contributed by atoms with Crippen LogP contribution in [0.1, 0.15) is 40.5 Å². The fraction of sp³-hybridized carbons (Fsp3) is 0.600. The van der Waals surface area contributed by atoms with Crippen LogP contribution >= 0.6 is 0 Å². The Morgan fingerprint density at radius 3 is 2.78 bits per heavy atom. The lowest BCUT2D eigenvalue weighted by atomic mass is 9.63. The van der Waals surface area contributed by atoms with E-state index in [-0.39, 0.29) is 5.41 Å². The van der Waals surface area contributed by atoms with Crippen LogP contribution in [-0.4, -0.2) is 5.78 Å². The number of allylic oxidation sites excluding steroid dienone is 3. The van der Waals surface area contributed by atoms with Crippen LogP contribution in [0.5, 0.6) is 0 Å². The zero-order chi connectivity index (χ0) is 13.8. The third kappa shape index (κ3) is 3.73. The molecule has 18 heavy (non-hydrogen) atoms. The van der Waals surface area contributed by atoms with E-state index in [1.165, 1.54) is 6.26 Å². The first kappa shape index (κ1) is 14.5. The minimum Gasteiger partial charge on any atom is -0.396 e. The fourth-order valence-corrected chi connectivity index (χ4v) is 2.82. The monoisotopic (exact) mass is 247 g/mol. The Morgan fingerprint density at radius 1 is 1.56 bits per heavy atom. The van der Waals surface area contributed by atoms with Gasteiger partial charge in [-0.05, 0) is 29.7 Å². The van der Waals surface area contributed by atoms with E-state index < -0.39 is 0 Å². The van der Waals surface area contributed by atoms with Crippen LogP contribution in [0, 0.1) is 28.8 Å². The van der Waals surface area contributed by atoms with Gasteiger partial charge in [-0.1, -0.05) is 32.9 Å². The van der Waals surface area contributed by atoms with Gasteiger partial charge in [0, 0.05) is 12.8 Å². The smallest absolute Gasteiger partial charge is 0.291 e. The van der Waals surface area contributed by atoms with Crippen LogP contribution in [0.3, 0.4) is 0 Å². The van der Waals surface area contributed by atoms with Gasteiger partial charge in [0.25, 0.3) is 6.26 Å². The Bertz CT molecular complexity index is 413. The van der Waals surface area contributed by atoms with Crippen LogP contribution < -0.4 is 0 Å². The maximum absolute atomic E-state index is 11.6. The van der Waals surface area contributed by atoms with Gasteiger partial charge >= 0.3 is 0 Å². The largest absolute Gasteiger partial charge is 0.396 e. The second-order valence-corrected chi connectivity index (χ2v) is 5.84. The number of ketones is 1. The van der Waals surface area contributed by atoms with Gasteiger partial charge in [0.15, 0.2) is 0 Å². The van der Waals surface area contributed by atoms with Crippen molar-refractivity contribution in [1.29, 1.82) is 5.26 Å². The SMILES string of the molecule is CC(=C/OC#N)/C=C/C1C(C)CC(=O)CC1(C)C. The van der Waals surface area contributed by atoms with Gasteiger partial charge < -0.3 is 4.74 Å². The summed E-state index contributed by atoms with van der Waals surface area (Å²) >= 11 is 0. The molecule has 0 heterocycles. The average molecular weight is 247 g/mol. The lowest BCUT2D eigenvalue weighted by Gasteiger charge is -2.40. The van der Waals surface area contributed by atoms with Crippen molar-refractivity contribution in [3.63, 3.8) is 0 Å². The van der Waals surface area contributed by atoms with E-state index in [0.29, 0.717) is 30.5 Å². The average Bonchev–Trinajstić information content (AvgIpc) is 2.23. The molecule has 0 bridgehead atoms. The molecule has 0 radical (unpaired) electrons. The molecule has 1 saturated carbocycles. The van der Waals surface area contributed by atoms with E-state index in [9.17, 15) is 4.79 Å². The van der Waals surface area contributed by atoms with Crippen LogP contribution in [-0.2, 0) is 9.53 Å². The molecule has 0 saturated heterocycles. The van der Waals surface area contributed by atoms with Crippen LogP contribution in [0.15, 0.2) is 24.0 Å². The van der Waals surface area contributed by atoms with Crippen molar-refractivity contribution in [2.45, 2.75) is 40.5 Å². The molecule has 0 aromatic carbocycles. The number of carbonyl (C=O) groups is 1. The van der Waals surface area contributed by atoms with Gasteiger partial charge in [0.05, 0.1) is 0 Å². The predicted octanol–water partition coefficient (Wildman–Crippen LogP) is 3.59. The van der Waals surface area contributed by atoms with Gasteiger partial charge in [-0.2, -0.15) is 0 Å². The number of hydrogen-bond donors (Lipinski definition) is 0. The van der Waals surface area contributed by atoms with Gasteiger partial charge in [-0.15, -0.1) is 5.26 Å². The minimum absolute atomic E-state index is 0.00160. The third-order valence-electron chi connectivity index (χ3n) is 3.58. The number of ether oxygens (including phenoxy) is 1. The van der Waals surface area contributed by atoms with E-state index >= 15 is 0 Å². The van der Waals surface area contributed by atoms with Crippen molar-refractivity contribution in [3.05, 3.63) is 24.0 Å². The van der Waals surface area contributed by atoms with E-state index in [0.717, 1.165) is 5.57 Å². The summed E-state index contributed by atoms with van der Waals surface area (Å²) in [5.41, 5.74) is 0.901. The topological polar surface area (TPSA) is 50.1 Å². The molecule has 98 valence electrons. The normalized spacial score (nSPS) is 28.2. The van der Waals surface area contributed by atoms with Crippen molar-refractivity contribution in [1.82, 2.24) is 0 Å². The van der Waals surface area contributed by atoms with E-state index in [1.54, 1.807) is 6.26 Å². The number of rotatable bonds is 3. The summed E-state index contributed by atoms with van der Waals surface area (Å²) in [6, 6.07) is 0. The summed E-state index contributed by atoms with van der Waals surface area (Å²) in [7, 11) is 0. The summed E-state index contributed by atoms with van der Waals surface area (Å²) in [5, 5.41) is 8.31. The molecule has 1 aliphatic rings. The summed E-state index contributed by atoms with van der Waals surface area (Å²) < 4.78 is 4.57. The Labute approximate surface area is 109 Å². The first-order valence-corrected chi connectivity index (χ1v) is 6.28. The summed E-state index contributed by atoms with van der Waals surface area (Å²) in [5.74, 6) is 1.10. The quantitative estimate of drug-likeness (QED) is 0.435. The van der Waals surface area contributed by atoms with Crippen molar-refractivity contribution in [3.8, 4) is 6.26 Å².